The van der Waals surface area contributed by atoms with Crippen molar-refractivity contribution in [2.24, 2.45) is 5.73 Å². The molecule has 1 atom stereocenters. The molecule has 2 aliphatic heterocycles. The predicted molar refractivity (Wildman–Crippen MR) is 118 cm³/mol. The molecule has 4 nitrogen and oxygen atoms in total. The van der Waals surface area contributed by atoms with Crippen molar-refractivity contribution in [3.63, 3.8) is 0 Å². The topological polar surface area (TPSA) is 50.5 Å². The third-order valence-electron chi connectivity index (χ3n) is 5.91. The van der Waals surface area contributed by atoms with E-state index in [1.807, 2.05) is 0 Å². The van der Waals surface area contributed by atoms with Crippen molar-refractivity contribution in [1.82, 2.24) is 10.2 Å². The summed E-state index contributed by atoms with van der Waals surface area (Å²) < 4.78 is 5.79. The van der Waals surface area contributed by atoms with E-state index in [0.717, 1.165) is 63.9 Å². The molecule has 0 saturated carbocycles. The fourth-order valence-corrected chi connectivity index (χ4v) is 4.36. The van der Waals surface area contributed by atoms with Crippen LogP contribution in [-0.2, 0) is 12.8 Å². The van der Waals surface area contributed by atoms with Crippen LogP contribution in [0.25, 0.3) is 0 Å². The molecule has 1 saturated heterocycles. The molecule has 28 heavy (non-hydrogen) atoms. The van der Waals surface area contributed by atoms with E-state index < -0.39 is 0 Å². The fraction of sp³-hybridized carbons (Fsp3) is 0.583. The molecule has 0 spiro atoms. The normalized spacial score (nSPS) is 20.7. The van der Waals surface area contributed by atoms with E-state index in [4.69, 9.17) is 10.5 Å². The zero-order valence-electron chi connectivity index (χ0n) is 17.8. The Balaban J connectivity index is 1.80. The average Bonchev–Trinajstić information content (AvgIpc) is 2.71. The summed E-state index contributed by atoms with van der Waals surface area (Å²) in [6, 6.07) is 5.21. The van der Waals surface area contributed by atoms with Gasteiger partial charge in [-0.3, -0.25) is 4.90 Å². The van der Waals surface area contributed by atoms with Gasteiger partial charge in [-0.1, -0.05) is 38.8 Å². The van der Waals surface area contributed by atoms with Crippen molar-refractivity contribution in [2.45, 2.75) is 64.5 Å². The molecule has 1 aromatic rings. The number of piperidine rings is 1. The largest absolute Gasteiger partial charge is 0.496 e. The molecule has 1 fully saturated rings. The molecule has 2 aliphatic rings. The molecule has 0 bridgehead atoms. The highest BCUT2D eigenvalue weighted by molar-refractivity contribution is 5.47. The van der Waals surface area contributed by atoms with Gasteiger partial charge in [-0.2, -0.15) is 0 Å². The minimum Gasteiger partial charge on any atom is -0.496 e. The highest BCUT2D eigenvalue weighted by Crippen LogP contribution is 2.31. The minimum atomic E-state index is 0.201. The number of ether oxygens (including phenoxy) is 1. The summed E-state index contributed by atoms with van der Waals surface area (Å²) in [6.07, 6.45) is 13.4. The fourth-order valence-electron chi connectivity index (χ4n) is 4.36. The first-order chi connectivity index (χ1) is 13.6. The highest BCUT2D eigenvalue weighted by atomic mass is 16.5. The molecule has 4 heteroatoms. The minimum absolute atomic E-state index is 0.201. The average molecular weight is 384 g/mol. The molecule has 0 amide bonds. The van der Waals surface area contributed by atoms with E-state index in [9.17, 15) is 0 Å². The summed E-state index contributed by atoms with van der Waals surface area (Å²) in [7, 11) is 1.80. The number of dihydropyridines is 1. The van der Waals surface area contributed by atoms with Gasteiger partial charge in [0.05, 0.1) is 13.2 Å². The summed E-state index contributed by atoms with van der Waals surface area (Å²) in [5.74, 6) is 1.04. The Morgan fingerprint density at radius 3 is 2.57 bits per heavy atom. The number of methoxy groups -OCH3 is 1. The Labute approximate surface area is 170 Å². The van der Waals surface area contributed by atoms with Crippen molar-refractivity contribution in [2.75, 3.05) is 26.7 Å². The quantitative estimate of drug-likeness (QED) is 0.709. The second-order valence-corrected chi connectivity index (χ2v) is 8.19. The molecular formula is C24H37N3O. The van der Waals surface area contributed by atoms with Crippen molar-refractivity contribution in [3.05, 3.63) is 52.7 Å². The zero-order valence-corrected chi connectivity index (χ0v) is 17.8. The van der Waals surface area contributed by atoms with Gasteiger partial charge >= 0.3 is 0 Å². The lowest BCUT2D eigenvalue weighted by atomic mass is 9.92. The number of likely N-dealkylation sites (tertiary alicyclic amines) is 1. The van der Waals surface area contributed by atoms with Crippen molar-refractivity contribution in [1.29, 1.82) is 0 Å². The summed E-state index contributed by atoms with van der Waals surface area (Å²) >= 11 is 0. The van der Waals surface area contributed by atoms with Crippen molar-refractivity contribution < 1.29 is 4.74 Å². The third kappa shape index (κ3) is 5.18. The van der Waals surface area contributed by atoms with Crippen LogP contribution in [0.2, 0.25) is 0 Å². The number of aryl methyl sites for hydroxylation is 1. The van der Waals surface area contributed by atoms with Gasteiger partial charge < -0.3 is 15.8 Å². The molecule has 2 heterocycles. The first-order valence-corrected chi connectivity index (χ1v) is 11.0. The Hall–Kier alpha value is -1.78. The van der Waals surface area contributed by atoms with Gasteiger partial charge in [0.15, 0.2) is 0 Å². The van der Waals surface area contributed by atoms with Crippen LogP contribution in [0.1, 0.15) is 62.3 Å². The first-order valence-electron chi connectivity index (χ1n) is 11.0. The molecule has 0 aliphatic carbocycles. The Morgan fingerprint density at radius 1 is 1.14 bits per heavy atom. The molecule has 1 unspecified atom stereocenters. The molecule has 0 radical (unpaired) electrons. The lowest BCUT2D eigenvalue weighted by molar-refractivity contribution is 0.230. The molecular weight excluding hydrogens is 346 g/mol. The molecule has 0 aromatic heterocycles. The van der Waals surface area contributed by atoms with Crippen LogP contribution in [0.3, 0.4) is 0 Å². The van der Waals surface area contributed by atoms with E-state index in [1.54, 1.807) is 7.11 Å². The smallest absolute Gasteiger partial charge is 0.122 e. The van der Waals surface area contributed by atoms with E-state index in [0.29, 0.717) is 6.04 Å². The maximum absolute atomic E-state index is 6.05. The molecule has 154 valence electrons. The van der Waals surface area contributed by atoms with Gasteiger partial charge in [0.2, 0.25) is 0 Å². The monoisotopic (exact) mass is 383 g/mol. The van der Waals surface area contributed by atoms with Crippen LogP contribution in [0, 0.1) is 0 Å². The number of nitrogens with two attached hydrogens (primary N) is 1. The molecule has 3 N–H and O–H groups in total. The van der Waals surface area contributed by atoms with E-state index >= 15 is 0 Å². The van der Waals surface area contributed by atoms with Crippen LogP contribution in [0.5, 0.6) is 5.75 Å². The van der Waals surface area contributed by atoms with Crippen LogP contribution in [0.15, 0.2) is 36.1 Å². The second-order valence-electron chi connectivity index (χ2n) is 8.19. The summed E-state index contributed by atoms with van der Waals surface area (Å²) in [5, 5.41) is 3.53. The highest BCUT2D eigenvalue weighted by Gasteiger charge is 2.20. The van der Waals surface area contributed by atoms with Crippen LogP contribution < -0.4 is 15.8 Å². The van der Waals surface area contributed by atoms with Gasteiger partial charge in [0.1, 0.15) is 5.75 Å². The summed E-state index contributed by atoms with van der Waals surface area (Å²) in [4.78, 5) is 2.52. The Morgan fingerprint density at radius 2 is 1.89 bits per heavy atom. The van der Waals surface area contributed by atoms with E-state index in [1.165, 1.54) is 22.3 Å². The van der Waals surface area contributed by atoms with Gasteiger partial charge in [-0.15, -0.1) is 0 Å². The zero-order chi connectivity index (χ0) is 19.9. The van der Waals surface area contributed by atoms with Crippen molar-refractivity contribution in [3.8, 4) is 5.75 Å². The number of benzene rings is 1. The molecule has 1 aromatic carbocycles. The first kappa shape index (κ1) is 20.9. The van der Waals surface area contributed by atoms with E-state index in [-0.39, 0.29) is 6.04 Å². The number of hydrogen-bond donors (Lipinski definition) is 2. The number of hydrogen-bond acceptors (Lipinski definition) is 4. The lowest BCUT2D eigenvalue weighted by Crippen LogP contribution is -2.40. The van der Waals surface area contributed by atoms with E-state index in [2.05, 4.69) is 54.5 Å². The maximum Gasteiger partial charge on any atom is 0.122 e. The Kier molecular flexibility index (Phi) is 7.57. The van der Waals surface area contributed by atoms with Crippen LogP contribution in [-0.4, -0.2) is 37.7 Å². The predicted octanol–water partition coefficient (Wildman–Crippen LogP) is 4.11. The van der Waals surface area contributed by atoms with Crippen LogP contribution >= 0.6 is 0 Å². The third-order valence-corrected chi connectivity index (χ3v) is 5.91. The summed E-state index contributed by atoms with van der Waals surface area (Å²) in [6.45, 7) is 7.70. The van der Waals surface area contributed by atoms with Gasteiger partial charge in [-0.25, -0.2) is 0 Å². The second kappa shape index (κ2) is 10.1. The van der Waals surface area contributed by atoms with Crippen LogP contribution in [0.4, 0.5) is 0 Å². The van der Waals surface area contributed by atoms with Gasteiger partial charge in [0, 0.05) is 12.6 Å². The Bertz CT molecular complexity index is 702. The van der Waals surface area contributed by atoms with Gasteiger partial charge in [0.25, 0.3) is 0 Å². The molecule has 3 rings (SSSR count). The lowest BCUT2D eigenvalue weighted by Gasteiger charge is -2.31. The van der Waals surface area contributed by atoms with Gasteiger partial charge in [-0.05, 0) is 79.4 Å². The van der Waals surface area contributed by atoms with Crippen molar-refractivity contribution >= 4 is 0 Å². The summed E-state index contributed by atoms with van der Waals surface area (Å²) in [5.41, 5.74) is 11.6. The number of nitrogens with zero attached hydrogens (tertiary/aromatic N) is 1. The SMILES string of the molecule is CCCc1cc(C2C=C(CN3CCC(N)CC3)C=CN2)cc(OC)c1CCC. The number of rotatable bonds is 8. The number of nitrogens with one attached hydrogen (secondary N) is 1. The standard InChI is InChI=1S/C24H37N3O/c1-4-6-19-15-20(16-24(28-3)22(19)7-5-2)23-14-18(8-11-26-23)17-27-12-9-21(25)10-13-27/h8,11,14-16,21,23,26H,4-7,9-10,12-13,17,25H2,1-3H3. The maximum atomic E-state index is 6.05.